The molecule has 0 aromatic rings. The highest BCUT2D eigenvalue weighted by Gasteiger charge is 2.27. The summed E-state index contributed by atoms with van der Waals surface area (Å²) in [5, 5.41) is 0. The summed E-state index contributed by atoms with van der Waals surface area (Å²) in [6, 6.07) is 0. The molecule has 0 aliphatic carbocycles. The summed E-state index contributed by atoms with van der Waals surface area (Å²) in [5.41, 5.74) is 0. The van der Waals surface area contributed by atoms with Gasteiger partial charge in [-0.05, 0) is 44.9 Å². The van der Waals surface area contributed by atoms with Gasteiger partial charge in [0.25, 0.3) is 0 Å². The summed E-state index contributed by atoms with van der Waals surface area (Å²) in [5.74, 6) is -0.817. The van der Waals surface area contributed by atoms with E-state index in [9.17, 15) is 19.0 Å². The van der Waals surface area contributed by atoms with E-state index in [2.05, 4.69) is 38.2 Å². The second-order valence-electron chi connectivity index (χ2n) is 14.3. The zero-order chi connectivity index (χ0) is 36.5. The molecule has 0 aliphatic rings. The SMILES string of the molecule is CCCCCC/C=C\C/C=C\CCCCCCCC(=O)OC(COC(=O)CCCCCCCCCCC)COP(=O)(O)OCC[N+](C)(C)C. The van der Waals surface area contributed by atoms with Crippen LogP contribution in [0, 0.1) is 0 Å². The monoisotopic (exact) mass is 717 g/mol. The third-order valence-electron chi connectivity index (χ3n) is 8.23. The van der Waals surface area contributed by atoms with Gasteiger partial charge in [0.15, 0.2) is 6.10 Å². The first-order valence-corrected chi connectivity index (χ1v) is 21.1. The van der Waals surface area contributed by atoms with Crippen LogP contribution >= 0.6 is 7.82 Å². The van der Waals surface area contributed by atoms with Crippen molar-refractivity contribution in [1.29, 1.82) is 0 Å². The standard InChI is InChI=1S/C39H74NO8P/c1-6-8-10-12-14-16-17-18-19-20-21-22-24-26-28-30-32-39(42)48-37(36-47-49(43,44)46-34-33-40(3,4)5)35-45-38(41)31-29-27-25-23-15-13-11-9-7-2/h16-17,19-20,37H,6-15,18,21-36H2,1-5H3/p+1/b17-16-,20-19-. The Morgan fingerprint density at radius 2 is 1.10 bits per heavy atom. The molecule has 0 rings (SSSR count). The van der Waals surface area contributed by atoms with Gasteiger partial charge in [-0.15, -0.1) is 0 Å². The molecule has 2 atom stereocenters. The van der Waals surface area contributed by atoms with Crippen LogP contribution < -0.4 is 0 Å². The number of allylic oxidation sites excluding steroid dienone is 4. The Kier molecular flexibility index (Phi) is 31.4. The third kappa shape index (κ3) is 36.1. The maximum absolute atomic E-state index is 12.6. The van der Waals surface area contributed by atoms with Crippen LogP contribution in [-0.4, -0.2) is 74.9 Å². The summed E-state index contributed by atoms with van der Waals surface area (Å²) in [7, 11) is 1.47. The van der Waals surface area contributed by atoms with Crippen LogP contribution in [0.5, 0.6) is 0 Å². The van der Waals surface area contributed by atoms with E-state index in [1.54, 1.807) is 0 Å². The predicted octanol–water partition coefficient (Wildman–Crippen LogP) is 10.4. The number of likely N-dealkylation sites (N-methyl/N-ethyl adjacent to an activating group) is 1. The average molecular weight is 717 g/mol. The first-order chi connectivity index (χ1) is 23.5. The van der Waals surface area contributed by atoms with Crippen molar-refractivity contribution in [3.63, 3.8) is 0 Å². The molecule has 49 heavy (non-hydrogen) atoms. The molecule has 0 aromatic heterocycles. The molecule has 10 heteroatoms. The molecule has 0 aromatic carbocycles. The van der Waals surface area contributed by atoms with Crippen LogP contribution in [-0.2, 0) is 32.7 Å². The van der Waals surface area contributed by atoms with Crippen molar-refractivity contribution in [3.8, 4) is 0 Å². The number of carbonyl (C=O) groups excluding carboxylic acids is 2. The number of phosphoric ester groups is 1. The van der Waals surface area contributed by atoms with Crippen molar-refractivity contribution >= 4 is 19.8 Å². The number of quaternary nitrogens is 1. The zero-order valence-corrected chi connectivity index (χ0v) is 33.1. The minimum Gasteiger partial charge on any atom is -0.462 e. The highest BCUT2D eigenvalue weighted by atomic mass is 31.2. The van der Waals surface area contributed by atoms with Gasteiger partial charge in [-0.1, -0.05) is 128 Å². The van der Waals surface area contributed by atoms with Crippen LogP contribution in [0.15, 0.2) is 24.3 Å². The number of esters is 2. The lowest BCUT2D eigenvalue weighted by atomic mass is 10.1. The largest absolute Gasteiger partial charge is 0.472 e. The number of ether oxygens (including phenoxy) is 2. The molecule has 0 spiro atoms. The van der Waals surface area contributed by atoms with Crippen molar-refractivity contribution in [1.82, 2.24) is 0 Å². The highest BCUT2D eigenvalue weighted by molar-refractivity contribution is 7.47. The third-order valence-corrected chi connectivity index (χ3v) is 9.22. The number of hydrogen-bond donors (Lipinski definition) is 1. The lowest BCUT2D eigenvalue weighted by Gasteiger charge is -2.24. The number of unbranched alkanes of at least 4 members (excludes halogenated alkanes) is 17. The topological polar surface area (TPSA) is 108 Å². The number of nitrogens with zero attached hydrogens (tertiary/aromatic N) is 1. The molecule has 0 amide bonds. The molecule has 2 unspecified atom stereocenters. The van der Waals surface area contributed by atoms with Crippen LogP contribution in [0.3, 0.4) is 0 Å². The Bertz CT molecular complexity index is 902. The smallest absolute Gasteiger partial charge is 0.462 e. The van der Waals surface area contributed by atoms with Crippen molar-refractivity contribution in [3.05, 3.63) is 24.3 Å². The van der Waals surface area contributed by atoms with E-state index in [-0.39, 0.29) is 32.0 Å². The van der Waals surface area contributed by atoms with Crippen LogP contribution in [0.1, 0.15) is 162 Å². The summed E-state index contributed by atoms with van der Waals surface area (Å²) >= 11 is 0. The maximum Gasteiger partial charge on any atom is 0.472 e. The van der Waals surface area contributed by atoms with E-state index < -0.39 is 26.5 Å². The van der Waals surface area contributed by atoms with E-state index in [1.165, 1.54) is 70.6 Å². The Labute approximate surface area is 300 Å². The van der Waals surface area contributed by atoms with E-state index in [1.807, 2.05) is 21.1 Å². The van der Waals surface area contributed by atoms with E-state index in [0.29, 0.717) is 17.4 Å². The van der Waals surface area contributed by atoms with Crippen molar-refractivity contribution < 1.29 is 42.1 Å². The van der Waals surface area contributed by atoms with E-state index in [0.717, 1.165) is 57.8 Å². The molecule has 0 bridgehead atoms. The first kappa shape index (κ1) is 47.5. The average Bonchev–Trinajstić information content (AvgIpc) is 3.04. The zero-order valence-electron chi connectivity index (χ0n) is 32.2. The van der Waals surface area contributed by atoms with Crippen LogP contribution in [0.25, 0.3) is 0 Å². The summed E-state index contributed by atoms with van der Waals surface area (Å²) in [6.45, 7) is 4.35. The molecule has 1 N–H and O–H groups in total. The number of phosphoric acid groups is 1. The molecular weight excluding hydrogens is 641 g/mol. The quantitative estimate of drug-likeness (QED) is 0.0227. The van der Waals surface area contributed by atoms with E-state index >= 15 is 0 Å². The van der Waals surface area contributed by atoms with Gasteiger partial charge in [0, 0.05) is 12.8 Å². The lowest BCUT2D eigenvalue weighted by molar-refractivity contribution is -0.870. The Morgan fingerprint density at radius 3 is 1.63 bits per heavy atom. The molecular formula is C39H75NO8P+. The molecule has 0 saturated carbocycles. The maximum atomic E-state index is 12.6. The summed E-state index contributed by atoms with van der Waals surface area (Å²) in [4.78, 5) is 35.1. The normalized spacial score (nSPS) is 14.0. The molecule has 288 valence electrons. The van der Waals surface area contributed by atoms with Gasteiger partial charge < -0.3 is 18.9 Å². The number of hydrogen-bond acceptors (Lipinski definition) is 7. The Balaban J connectivity index is 4.43. The minimum atomic E-state index is -4.37. The van der Waals surface area contributed by atoms with Crippen LogP contribution in [0.2, 0.25) is 0 Å². The first-order valence-electron chi connectivity index (χ1n) is 19.6. The molecule has 0 aliphatic heterocycles. The van der Waals surface area contributed by atoms with Crippen molar-refractivity contribution in [2.24, 2.45) is 0 Å². The van der Waals surface area contributed by atoms with E-state index in [4.69, 9.17) is 18.5 Å². The Hall–Kier alpha value is -1.51. The minimum absolute atomic E-state index is 0.0301. The fourth-order valence-electron chi connectivity index (χ4n) is 5.10. The lowest BCUT2D eigenvalue weighted by Crippen LogP contribution is -2.37. The molecule has 0 fully saturated rings. The van der Waals surface area contributed by atoms with Crippen LogP contribution in [0.4, 0.5) is 0 Å². The van der Waals surface area contributed by atoms with Gasteiger partial charge in [-0.2, -0.15) is 0 Å². The van der Waals surface area contributed by atoms with Crippen molar-refractivity contribution in [2.45, 2.75) is 168 Å². The van der Waals surface area contributed by atoms with Gasteiger partial charge >= 0.3 is 19.8 Å². The molecule has 9 nitrogen and oxygen atoms in total. The van der Waals surface area contributed by atoms with Gasteiger partial charge in [-0.25, -0.2) is 4.57 Å². The fourth-order valence-corrected chi connectivity index (χ4v) is 5.84. The second kappa shape index (κ2) is 32.4. The van der Waals surface area contributed by atoms with Gasteiger partial charge in [0.05, 0.1) is 27.7 Å². The Morgan fingerprint density at radius 1 is 0.633 bits per heavy atom. The predicted molar refractivity (Wildman–Crippen MR) is 201 cm³/mol. The van der Waals surface area contributed by atoms with Gasteiger partial charge in [0.2, 0.25) is 0 Å². The van der Waals surface area contributed by atoms with Crippen molar-refractivity contribution in [2.75, 3.05) is 47.5 Å². The molecule has 0 radical (unpaired) electrons. The summed E-state index contributed by atoms with van der Waals surface area (Å²) < 4.78 is 34.1. The summed E-state index contributed by atoms with van der Waals surface area (Å²) in [6.07, 6.45) is 32.2. The number of carbonyl (C=O) groups is 2. The second-order valence-corrected chi connectivity index (χ2v) is 15.8. The van der Waals surface area contributed by atoms with Gasteiger partial charge in [0.1, 0.15) is 19.8 Å². The molecule has 0 heterocycles. The molecule has 0 saturated heterocycles. The van der Waals surface area contributed by atoms with Gasteiger partial charge in [-0.3, -0.25) is 18.6 Å². The fraction of sp³-hybridized carbons (Fsp3) is 0.846. The highest BCUT2D eigenvalue weighted by Crippen LogP contribution is 2.43. The number of rotatable bonds is 35.